The van der Waals surface area contributed by atoms with E-state index in [1.54, 1.807) is 7.05 Å². The fraction of sp³-hybridized carbons (Fsp3) is 0.875. The van der Waals surface area contributed by atoms with Gasteiger partial charge in [-0.3, -0.25) is 4.79 Å². The number of hydrogen-bond acceptors (Lipinski definition) is 3. The van der Waals surface area contributed by atoms with Crippen LogP contribution >= 0.6 is 0 Å². The molecule has 0 aromatic rings. The molecular formula is C8H19N3O. The topological polar surface area (TPSA) is 44.4 Å². The van der Waals surface area contributed by atoms with Crippen molar-refractivity contribution in [2.75, 3.05) is 34.2 Å². The number of rotatable bonds is 5. The Morgan fingerprint density at radius 3 is 2.50 bits per heavy atom. The summed E-state index contributed by atoms with van der Waals surface area (Å²) in [5, 5.41) is 5.67. The Kier molecular flexibility index (Phi) is 5.66. The van der Waals surface area contributed by atoms with E-state index >= 15 is 0 Å². The molecule has 1 atom stereocenters. The summed E-state index contributed by atoms with van der Waals surface area (Å²) < 4.78 is 0. The molecule has 0 radical (unpaired) electrons. The van der Waals surface area contributed by atoms with E-state index in [9.17, 15) is 4.79 Å². The molecule has 0 saturated heterocycles. The van der Waals surface area contributed by atoms with E-state index in [0.717, 1.165) is 6.54 Å². The number of nitrogens with zero attached hydrogens (tertiary/aromatic N) is 1. The van der Waals surface area contributed by atoms with Crippen molar-refractivity contribution < 1.29 is 4.79 Å². The minimum absolute atomic E-state index is 0.0480. The Bertz CT molecular complexity index is 136. The molecule has 1 amide bonds. The molecule has 0 saturated carbocycles. The zero-order chi connectivity index (χ0) is 9.56. The van der Waals surface area contributed by atoms with Crippen molar-refractivity contribution in [3.63, 3.8) is 0 Å². The summed E-state index contributed by atoms with van der Waals surface area (Å²) in [6.07, 6.45) is 0. The van der Waals surface area contributed by atoms with Crippen LogP contribution < -0.4 is 10.6 Å². The molecule has 0 aliphatic carbocycles. The SMILES string of the molecule is CNCC(=O)NC(C)CN(C)C. The van der Waals surface area contributed by atoms with Crippen LogP contribution in [-0.4, -0.2) is 51.1 Å². The predicted molar refractivity (Wildman–Crippen MR) is 50.1 cm³/mol. The number of carbonyl (C=O) groups excluding carboxylic acids is 1. The Labute approximate surface area is 74.3 Å². The van der Waals surface area contributed by atoms with Gasteiger partial charge in [-0.05, 0) is 28.1 Å². The number of hydrogen-bond donors (Lipinski definition) is 2. The highest BCUT2D eigenvalue weighted by molar-refractivity contribution is 5.78. The van der Waals surface area contributed by atoms with E-state index in [1.165, 1.54) is 0 Å². The summed E-state index contributed by atoms with van der Waals surface area (Å²) in [7, 11) is 5.73. The zero-order valence-corrected chi connectivity index (χ0v) is 8.35. The molecule has 0 aliphatic rings. The van der Waals surface area contributed by atoms with Gasteiger partial charge in [0.1, 0.15) is 0 Å². The van der Waals surface area contributed by atoms with Crippen LogP contribution in [0.4, 0.5) is 0 Å². The molecule has 0 rings (SSSR count). The highest BCUT2D eigenvalue weighted by atomic mass is 16.1. The molecule has 4 heteroatoms. The second-order valence-corrected chi connectivity index (χ2v) is 3.26. The molecule has 72 valence electrons. The summed E-state index contributed by atoms with van der Waals surface area (Å²) in [5.41, 5.74) is 0. The summed E-state index contributed by atoms with van der Waals surface area (Å²) in [6.45, 7) is 3.25. The lowest BCUT2D eigenvalue weighted by Crippen LogP contribution is -2.42. The molecule has 0 aromatic heterocycles. The Morgan fingerprint density at radius 2 is 2.08 bits per heavy atom. The van der Waals surface area contributed by atoms with Gasteiger partial charge in [0.15, 0.2) is 0 Å². The van der Waals surface area contributed by atoms with Gasteiger partial charge in [0.2, 0.25) is 5.91 Å². The monoisotopic (exact) mass is 173 g/mol. The summed E-state index contributed by atoms with van der Waals surface area (Å²) in [5.74, 6) is 0.0480. The van der Waals surface area contributed by atoms with Gasteiger partial charge in [0.25, 0.3) is 0 Å². The first-order valence-corrected chi connectivity index (χ1v) is 4.15. The first-order chi connectivity index (χ1) is 5.56. The number of nitrogens with one attached hydrogen (secondary N) is 2. The molecule has 2 N–H and O–H groups in total. The van der Waals surface area contributed by atoms with Crippen molar-refractivity contribution >= 4 is 5.91 Å². The fourth-order valence-corrected chi connectivity index (χ4v) is 1.08. The van der Waals surface area contributed by atoms with Gasteiger partial charge in [0, 0.05) is 12.6 Å². The summed E-state index contributed by atoms with van der Waals surface area (Å²) in [6, 6.07) is 0.209. The number of amides is 1. The van der Waals surface area contributed by atoms with Crippen LogP contribution in [0.5, 0.6) is 0 Å². The molecule has 0 bridgehead atoms. The van der Waals surface area contributed by atoms with Gasteiger partial charge >= 0.3 is 0 Å². The summed E-state index contributed by atoms with van der Waals surface area (Å²) >= 11 is 0. The van der Waals surface area contributed by atoms with Crippen molar-refractivity contribution in [2.45, 2.75) is 13.0 Å². The fourth-order valence-electron chi connectivity index (χ4n) is 1.08. The molecule has 0 aliphatic heterocycles. The van der Waals surface area contributed by atoms with E-state index in [1.807, 2.05) is 25.9 Å². The molecule has 12 heavy (non-hydrogen) atoms. The van der Waals surface area contributed by atoms with Crippen molar-refractivity contribution in [3.8, 4) is 0 Å². The molecule has 4 nitrogen and oxygen atoms in total. The largest absolute Gasteiger partial charge is 0.351 e. The Morgan fingerprint density at radius 1 is 1.50 bits per heavy atom. The first kappa shape index (κ1) is 11.4. The smallest absolute Gasteiger partial charge is 0.234 e. The van der Waals surface area contributed by atoms with Gasteiger partial charge in [0.05, 0.1) is 6.54 Å². The van der Waals surface area contributed by atoms with Gasteiger partial charge in [-0.1, -0.05) is 0 Å². The van der Waals surface area contributed by atoms with Crippen molar-refractivity contribution in [2.24, 2.45) is 0 Å². The lowest BCUT2D eigenvalue weighted by molar-refractivity contribution is -0.120. The van der Waals surface area contributed by atoms with Crippen LogP contribution in [0.15, 0.2) is 0 Å². The van der Waals surface area contributed by atoms with Crippen LogP contribution in [0.25, 0.3) is 0 Å². The summed E-state index contributed by atoms with van der Waals surface area (Å²) in [4.78, 5) is 13.1. The lowest BCUT2D eigenvalue weighted by Gasteiger charge is -2.17. The van der Waals surface area contributed by atoms with E-state index in [0.29, 0.717) is 6.54 Å². The second-order valence-electron chi connectivity index (χ2n) is 3.26. The molecule has 0 aromatic carbocycles. The third-order valence-corrected chi connectivity index (χ3v) is 1.38. The van der Waals surface area contributed by atoms with Crippen LogP contribution in [-0.2, 0) is 4.79 Å². The molecule has 0 fully saturated rings. The molecular weight excluding hydrogens is 154 g/mol. The zero-order valence-electron chi connectivity index (χ0n) is 8.35. The quantitative estimate of drug-likeness (QED) is 0.576. The normalized spacial score (nSPS) is 13.1. The average molecular weight is 173 g/mol. The second kappa shape index (κ2) is 5.97. The third kappa shape index (κ3) is 6.12. The van der Waals surface area contributed by atoms with Gasteiger partial charge in [-0.25, -0.2) is 0 Å². The minimum atomic E-state index is 0.0480. The van der Waals surface area contributed by atoms with Crippen LogP contribution in [0.2, 0.25) is 0 Å². The standard InChI is InChI=1S/C8H19N3O/c1-7(6-11(3)4)10-8(12)5-9-2/h7,9H,5-6H2,1-4H3,(H,10,12). The number of carbonyl (C=O) groups is 1. The first-order valence-electron chi connectivity index (χ1n) is 4.15. The molecule has 0 heterocycles. The van der Waals surface area contributed by atoms with E-state index in [2.05, 4.69) is 10.6 Å². The van der Waals surface area contributed by atoms with Gasteiger partial charge < -0.3 is 15.5 Å². The number of likely N-dealkylation sites (N-methyl/N-ethyl adjacent to an activating group) is 2. The highest BCUT2D eigenvalue weighted by Crippen LogP contribution is 1.83. The Hall–Kier alpha value is -0.610. The van der Waals surface area contributed by atoms with Gasteiger partial charge in [-0.2, -0.15) is 0 Å². The maximum absolute atomic E-state index is 11.0. The maximum Gasteiger partial charge on any atom is 0.234 e. The van der Waals surface area contributed by atoms with Crippen LogP contribution in [0, 0.1) is 0 Å². The molecule has 1 unspecified atom stereocenters. The van der Waals surface area contributed by atoms with Crippen LogP contribution in [0.1, 0.15) is 6.92 Å². The van der Waals surface area contributed by atoms with Crippen LogP contribution in [0.3, 0.4) is 0 Å². The van der Waals surface area contributed by atoms with E-state index < -0.39 is 0 Å². The average Bonchev–Trinajstić information content (AvgIpc) is 1.84. The predicted octanol–water partition coefficient (Wildman–Crippen LogP) is -0.728. The molecule has 0 spiro atoms. The maximum atomic E-state index is 11.0. The lowest BCUT2D eigenvalue weighted by atomic mass is 10.3. The van der Waals surface area contributed by atoms with Crippen molar-refractivity contribution in [3.05, 3.63) is 0 Å². The van der Waals surface area contributed by atoms with Crippen molar-refractivity contribution in [1.82, 2.24) is 15.5 Å². The van der Waals surface area contributed by atoms with E-state index in [4.69, 9.17) is 0 Å². The van der Waals surface area contributed by atoms with Crippen molar-refractivity contribution in [1.29, 1.82) is 0 Å². The Balaban J connectivity index is 3.54. The highest BCUT2D eigenvalue weighted by Gasteiger charge is 2.06. The minimum Gasteiger partial charge on any atom is -0.351 e. The van der Waals surface area contributed by atoms with E-state index in [-0.39, 0.29) is 11.9 Å². The third-order valence-electron chi connectivity index (χ3n) is 1.38. The van der Waals surface area contributed by atoms with Gasteiger partial charge in [-0.15, -0.1) is 0 Å².